The fourth-order valence-corrected chi connectivity index (χ4v) is 2.56. The largest absolute Gasteiger partial charge is 0.307 e. The molecule has 2 heterocycles. The summed E-state index contributed by atoms with van der Waals surface area (Å²) in [4.78, 5) is 13.2. The quantitative estimate of drug-likeness (QED) is 0.926. The summed E-state index contributed by atoms with van der Waals surface area (Å²) in [6, 6.07) is 4.85. The van der Waals surface area contributed by atoms with Crippen molar-refractivity contribution in [2.75, 3.05) is 0 Å². The zero-order valence-corrected chi connectivity index (χ0v) is 12.0. The number of aryl methyl sites for hydroxylation is 1. The predicted molar refractivity (Wildman–Crippen MR) is 79.2 cm³/mol. The van der Waals surface area contributed by atoms with Crippen LogP contribution >= 0.6 is 0 Å². The second kappa shape index (κ2) is 5.67. The van der Waals surface area contributed by atoms with E-state index in [1.54, 1.807) is 12.4 Å². The maximum Gasteiger partial charge on any atom is 0.159 e. The fraction of sp³-hybridized carbons (Fsp3) is 0.438. The van der Waals surface area contributed by atoms with Gasteiger partial charge in [-0.25, -0.2) is 9.97 Å². The molecule has 2 aromatic heterocycles. The first-order valence-corrected chi connectivity index (χ1v) is 7.24. The zero-order chi connectivity index (χ0) is 13.9. The van der Waals surface area contributed by atoms with Gasteiger partial charge in [0.25, 0.3) is 0 Å². The van der Waals surface area contributed by atoms with Crippen LogP contribution in [-0.2, 0) is 0 Å². The number of nitrogens with zero attached hydrogens (tertiary/aromatic N) is 3. The van der Waals surface area contributed by atoms with E-state index >= 15 is 0 Å². The Hall–Kier alpha value is -1.81. The Balaban J connectivity index is 1.80. The minimum absolute atomic E-state index is 0.312. The van der Waals surface area contributed by atoms with E-state index in [-0.39, 0.29) is 0 Å². The second-order valence-corrected chi connectivity index (χ2v) is 5.49. The lowest BCUT2D eigenvalue weighted by Crippen LogP contribution is -2.37. The van der Waals surface area contributed by atoms with E-state index in [1.165, 1.54) is 24.8 Å². The van der Waals surface area contributed by atoms with Gasteiger partial charge in [0.15, 0.2) is 5.82 Å². The minimum Gasteiger partial charge on any atom is -0.307 e. The summed E-state index contributed by atoms with van der Waals surface area (Å²) in [5.41, 5.74) is 3.25. The standard InChI is InChI=1S/C16H20N4/c1-11(19-14-4-3-5-14)15-10-18-16(20-12(15)2)13-6-8-17-9-7-13/h6-11,14,19H,3-5H2,1-2H3/t11-/m1/s1. The molecule has 1 atom stereocenters. The topological polar surface area (TPSA) is 50.7 Å². The average Bonchev–Trinajstić information content (AvgIpc) is 2.43. The van der Waals surface area contributed by atoms with Gasteiger partial charge in [0.1, 0.15) is 0 Å². The molecular formula is C16H20N4. The molecule has 0 amide bonds. The van der Waals surface area contributed by atoms with Crippen molar-refractivity contribution in [1.29, 1.82) is 0 Å². The Labute approximate surface area is 119 Å². The zero-order valence-electron chi connectivity index (χ0n) is 12.0. The summed E-state index contributed by atoms with van der Waals surface area (Å²) >= 11 is 0. The van der Waals surface area contributed by atoms with E-state index in [1.807, 2.05) is 18.3 Å². The Morgan fingerprint density at radius 1 is 1.25 bits per heavy atom. The van der Waals surface area contributed by atoms with Crippen LogP contribution in [-0.4, -0.2) is 21.0 Å². The molecule has 1 aliphatic rings. The first-order valence-electron chi connectivity index (χ1n) is 7.24. The summed E-state index contributed by atoms with van der Waals surface area (Å²) in [5, 5.41) is 3.64. The number of nitrogens with one attached hydrogen (secondary N) is 1. The lowest BCUT2D eigenvalue weighted by atomic mass is 9.92. The molecule has 0 unspecified atom stereocenters. The van der Waals surface area contributed by atoms with Crippen LogP contribution in [0.15, 0.2) is 30.7 Å². The summed E-state index contributed by atoms with van der Waals surface area (Å²) in [5.74, 6) is 0.768. The van der Waals surface area contributed by atoms with Crippen molar-refractivity contribution < 1.29 is 0 Å². The molecule has 3 rings (SSSR count). The van der Waals surface area contributed by atoms with Crippen molar-refractivity contribution in [1.82, 2.24) is 20.3 Å². The molecule has 0 spiro atoms. The number of aromatic nitrogens is 3. The average molecular weight is 268 g/mol. The summed E-state index contributed by atoms with van der Waals surface area (Å²) in [6.45, 7) is 4.25. The third kappa shape index (κ3) is 2.70. The number of hydrogen-bond acceptors (Lipinski definition) is 4. The van der Waals surface area contributed by atoms with Gasteiger partial charge in [-0.3, -0.25) is 4.98 Å². The van der Waals surface area contributed by atoms with E-state index in [9.17, 15) is 0 Å². The van der Waals surface area contributed by atoms with Crippen LogP contribution in [0.4, 0.5) is 0 Å². The van der Waals surface area contributed by atoms with Crippen LogP contribution < -0.4 is 5.32 Å². The smallest absolute Gasteiger partial charge is 0.159 e. The normalized spacial score (nSPS) is 16.7. The van der Waals surface area contributed by atoms with Gasteiger partial charge in [-0.05, 0) is 38.8 Å². The van der Waals surface area contributed by atoms with Crippen molar-refractivity contribution in [3.05, 3.63) is 42.0 Å². The van der Waals surface area contributed by atoms with Crippen LogP contribution in [0.1, 0.15) is 43.5 Å². The van der Waals surface area contributed by atoms with E-state index in [0.717, 1.165) is 17.1 Å². The monoisotopic (exact) mass is 268 g/mol. The third-order valence-electron chi connectivity index (χ3n) is 4.01. The molecule has 1 aliphatic carbocycles. The maximum absolute atomic E-state index is 4.64. The van der Waals surface area contributed by atoms with Crippen LogP contribution in [0.2, 0.25) is 0 Å². The van der Waals surface area contributed by atoms with Crippen molar-refractivity contribution in [2.24, 2.45) is 0 Å². The van der Waals surface area contributed by atoms with Gasteiger partial charge in [0.2, 0.25) is 0 Å². The molecule has 1 fully saturated rings. The van der Waals surface area contributed by atoms with Crippen LogP contribution in [0.25, 0.3) is 11.4 Å². The molecule has 0 bridgehead atoms. The molecule has 0 radical (unpaired) electrons. The van der Waals surface area contributed by atoms with Crippen LogP contribution in [0, 0.1) is 6.92 Å². The molecule has 104 valence electrons. The van der Waals surface area contributed by atoms with E-state index in [2.05, 4.69) is 34.1 Å². The lowest BCUT2D eigenvalue weighted by Gasteiger charge is -2.30. The number of hydrogen-bond donors (Lipinski definition) is 1. The van der Waals surface area contributed by atoms with E-state index in [0.29, 0.717) is 12.1 Å². The highest BCUT2D eigenvalue weighted by molar-refractivity contribution is 5.53. The fourth-order valence-electron chi connectivity index (χ4n) is 2.56. The summed E-state index contributed by atoms with van der Waals surface area (Å²) < 4.78 is 0. The van der Waals surface area contributed by atoms with Gasteiger partial charge in [-0.1, -0.05) is 6.42 Å². The molecule has 0 aromatic carbocycles. The molecule has 1 N–H and O–H groups in total. The number of rotatable bonds is 4. The van der Waals surface area contributed by atoms with Crippen molar-refractivity contribution in [2.45, 2.75) is 45.2 Å². The first kappa shape index (κ1) is 13.2. The van der Waals surface area contributed by atoms with Crippen LogP contribution in [0.5, 0.6) is 0 Å². The van der Waals surface area contributed by atoms with Crippen molar-refractivity contribution in [3.63, 3.8) is 0 Å². The highest BCUT2D eigenvalue weighted by Gasteiger charge is 2.21. The van der Waals surface area contributed by atoms with Crippen molar-refractivity contribution in [3.8, 4) is 11.4 Å². The molecule has 0 aliphatic heterocycles. The third-order valence-corrected chi connectivity index (χ3v) is 4.01. The second-order valence-electron chi connectivity index (χ2n) is 5.49. The van der Waals surface area contributed by atoms with Gasteiger partial charge in [0.05, 0.1) is 0 Å². The highest BCUT2D eigenvalue weighted by Crippen LogP contribution is 2.24. The van der Waals surface area contributed by atoms with Gasteiger partial charge < -0.3 is 5.32 Å². The van der Waals surface area contributed by atoms with E-state index in [4.69, 9.17) is 0 Å². The SMILES string of the molecule is Cc1nc(-c2ccncc2)ncc1[C@@H](C)NC1CCC1. The molecule has 1 saturated carbocycles. The van der Waals surface area contributed by atoms with Crippen molar-refractivity contribution >= 4 is 0 Å². The summed E-state index contributed by atoms with van der Waals surface area (Å²) in [6.07, 6.45) is 9.42. The van der Waals surface area contributed by atoms with Gasteiger partial charge >= 0.3 is 0 Å². The molecular weight excluding hydrogens is 248 g/mol. The Bertz CT molecular complexity index is 578. The Morgan fingerprint density at radius 2 is 2.00 bits per heavy atom. The molecule has 4 heteroatoms. The Morgan fingerprint density at radius 3 is 2.60 bits per heavy atom. The van der Waals surface area contributed by atoms with E-state index < -0.39 is 0 Å². The van der Waals surface area contributed by atoms with Crippen LogP contribution in [0.3, 0.4) is 0 Å². The predicted octanol–water partition coefficient (Wildman–Crippen LogP) is 3.05. The molecule has 4 nitrogen and oxygen atoms in total. The lowest BCUT2D eigenvalue weighted by molar-refractivity contribution is 0.312. The van der Waals surface area contributed by atoms with Gasteiger partial charge in [-0.15, -0.1) is 0 Å². The molecule has 0 saturated heterocycles. The molecule has 2 aromatic rings. The first-order chi connectivity index (χ1) is 9.74. The molecule has 20 heavy (non-hydrogen) atoms. The number of pyridine rings is 1. The summed E-state index contributed by atoms with van der Waals surface area (Å²) in [7, 11) is 0. The van der Waals surface area contributed by atoms with Gasteiger partial charge in [-0.2, -0.15) is 0 Å². The highest BCUT2D eigenvalue weighted by atomic mass is 15.0. The minimum atomic E-state index is 0.312. The maximum atomic E-state index is 4.64. The van der Waals surface area contributed by atoms with Gasteiger partial charge in [0, 0.05) is 47.5 Å². The Kier molecular flexibility index (Phi) is 3.74.